The monoisotopic (exact) mass is 306 g/mol. The quantitative estimate of drug-likeness (QED) is 0.866. The van der Waals surface area contributed by atoms with Crippen molar-refractivity contribution in [1.82, 2.24) is 10.2 Å². The van der Waals surface area contributed by atoms with Crippen LogP contribution < -0.4 is 10.1 Å². The molecule has 0 aromatic heterocycles. The molecule has 1 heterocycles. The number of benzene rings is 1. The van der Waals surface area contributed by atoms with Crippen LogP contribution in [0, 0.1) is 13.8 Å². The SMILES string of the molecule is Cc1cccc(OCCC(=O)NCC2CN(C)CCO2)c1C. The molecule has 1 amide bonds. The van der Waals surface area contributed by atoms with Crippen molar-refractivity contribution in [3.8, 4) is 5.75 Å². The molecule has 0 aliphatic carbocycles. The predicted molar refractivity (Wildman–Crippen MR) is 86.3 cm³/mol. The van der Waals surface area contributed by atoms with E-state index < -0.39 is 0 Å². The van der Waals surface area contributed by atoms with Crippen LogP contribution in [0.3, 0.4) is 0 Å². The lowest BCUT2D eigenvalue weighted by Crippen LogP contribution is -2.46. The maximum Gasteiger partial charge on any atom is 0.223 e. The predicted octanol–water partition coefficient (Wildman–Crippen LogP) is 1.52. The van der Waals surface area contributed by atoms with Crippen LogP contribution in [0.15, 0.2) is 18.2 Å². The Balaban J connectivity index is 1.66. The van der Waals surface area contributed by atoms with E-state index in [9.17, 15) is 4.79 Å². The van der Waals surface area contributed by atoms with E-state index in [0.717, 1.165) is 31.0 Å². The Morgan fingerprint density at radius 1 is 1.45 bits per heavy atom. The van der Waals surface area contributed by atoms with E-state index in [1.54, 1.807) is 0 Å². The molecule has 0 radical (unpaired) electrons. The van der Waals surface area contributed by atoms with Crippen molar-refractivity contribution in [3.63, 3.8) is 0 Å². The number of morpholine rings is 1. The number of rotatable bonds is 6. The number of nitrogens with zero attached hydrogens (tertiary/aromatic N) is 1. The van der Waals surface area contributed by atoms with E-state index in [1.807, 2.05) is 19.1 Å². The number of ether oxygens (including phenoxy) is 2. The van der Waals surface area contributed by atoms with Gasteiger partial charge in [0.2, 0.25) is 5.91 Å². The van der Waals surface area contributed by atoms with Crippen molar-refractivity contribution in [2.45, 2.75) is 26.4 Å². The Morgan fingerprint density at radius 3 is 3.05 bits per heavy atom. The van der Waals surface area contributed by atoms with Crippen molar-refractivity contribution in [3.05, 3.63) is 29.3 Å². The maximum atomic E-state index is 11.8. The van der Waals surface area contributed by atoms with E-state index in [-0.39, 0.29) is 12.0 Å². The molecule has 22 heavy (non-hydrogen) atoms. The van der Waals surface area contributed by atoms with Crippen molar-refractivity contribution in [2.24, 2.45) is 0 Å². The van der Waals surface area contributed by atoms with E-state index in [0.29, 0.717) is 19.6 Å². The van der Waals surface area contributed by atoms with Gasteiger partial charge in [0, 0.05) is 19.6 Å². The highest BCUT2D eigenvalue weighted by Gasteiger charge is 2.18. The molecule has 1 aromatic rings. The van der Waals surface area contributed by atoms with Crippen molar-refractivity contribution >= 4 is 5.91 Å². The van der Waals surface area contributed by atoms with Gasteiger partial charge in [-0.25, -0.2) is 0 Å². The van der Waals surface area contributed by atoms with Gasteiger partial charge in [-0.05, 0) is 38.1 Å². The van der Waals surface area contributed by atoms with Crippen LogP contribution in [0.2, 0.25) is 0 Å². The zero-order valence-electron chi connectivity index (χ0n) is 13.7. The third-order valence-corrected chi connectivity index (χ3v) is 4.01. The zero-order valence-corrected chi connectivity index (χ0v) is 13.7. The first-order valence-electron chi connectivity index (χ1n) is 7.82. The van der Waals surface area contributed by atoms with Gasteiger partial charge in [-0.3, -0.25) is 4.79 Å². The molecule has 1 aliphatic heterocycles. The lowest BCUT2D eigenvalue weighted by Gasteiger charge is -2.30. The number of aryl methyl sites for hydroxylation is 1. The second kappa shape index (κ2) is 8.15. The Kier molecular flexibility index (Phi) is 6.21. The van der Waals surface area contributed by atoms with Crippen LogP contribution in [0.1, 0.15) is 17.5 Å². The molecule has 2 rings (SSSR count). The van der Waals surface area contributed by atoms with Crippen LogP contribution in [-0.4, -0.2) is 56.8 Å². The number of likely N-dealkylation sites (N-methyl/N-ethyl adjacent to an activating group) is 1. The minimum Gasteiger partial charge on any atom is -0.493 e. The lowest BCUT2D eigenvalue weighted by molar-refractivity contribution is -0.122. The van der Waals surface area contributed by atoms with Crippen LogP contribution in [-0.2, 0) is 9.53 Å². The highest BCUT2D eigenvalue weighted by molar-refractivity contribution is 5.76. The molecule has 122 valence electrons. The van der Waals surface area contributed by atoms with Crippen molar-refractivity contribution < 1.29 is 14.3 Å². The summed E-state index contributed by atoms with van der Waals surface area (Å²) in [6, 6.07) is 5.96. The molecule has 1 N–H and O–H groups in total. The molecule has 1 aliphatic rings. The Hall–Kier alpha value is -1.59. The zero-order chi connectivity index (χ0) is 15.9. The molecule has 0 spiro atoms. The summed E-state index contributed by atoms with van der Waals surface area (Å²) < 4.78 is 11.3. The van der Waals surface area contributed by atoms with Gasteiger partial charge in [-0.15, -0.1) is 0 Å². The molecule has 0 bridgehead atoms. The van der Waals surface area contributed by atoms with Crippen molar-refractivity contribution in [1.29, 1.82) is 0 Å². The fraction of sp³-hybridized carbons (Fsp3) is 0.588. The Morgan fingerprint density at radius 2 is 2.27 bits per heavy atom. The largest absolute Gasteiger partial charge is 0.493 e. The molecule has 5 nitrogen and oxygen atoms in total. The lowest BCUT2D eigenvalue weighted by atomic mass is 10.1. The number of carbonyl (C=O) groups is 1. The van der Waals surface area contributed by atoms with Crippen molar-refractivity contribution in [2.75, 3.05) is 39.9 Å². The second-order valence-electron chi connectivity index (χ2n) is 5.86. The number of carbonyl (C=O) groups excluding carboxylic acids is 1. The van der Waals surface area contributed by atoms with Gasteiger partial charge < -0.3 is 19.7 Å². The average Bonchev–Trinajstić information content (AvgIpc) is 2.49. The first kappa shape index (κ1) is 16.8. The highest BCUT2D eigenvalue weighted by Crippen LogP contribution is 2.20. The minimum atomic E-state index is 0.00197. The summed E-state index contributed by atoms with van der Waals surface area (Å²) in [5.41, 5.74) is 2.32. The van der Waals surface area contributed by atoms with Gasteiger partial charge >= 0.3 is 0 Å². The molecular formula is C17H26N2O3. The summed E-state index contributed by atoms with van der Waals surface area (Å²) in [5, 5.41) is 2.91. The third-order valence-electron chi connectivity index (χ3n) is 4.01. The third kappa shape index (κ3) is 5.00. The van der Waals surface area contributed by atoms with Gasteiger partial charge in [-0.2, -0.15) is 0 Å². The normalized spacial score (nSPS) is 19.0. The first-order chi connectivity index (χ1) is 10.6. The van der Waals surface area contributed by atoms with E-state index in [4.69, 9.17) is 9.47 Å². The number of amides is 1. The number of nitrogens with one attached hydrogen (secondary N) is 1. The molecule has 1 saturated heterocycles. The Bertz CT molecular complexity index is 505. The standard InChI is InChI=1S/C17H26N2O3/c1-13-5-4-6-16(14(13)2)22-9-7-17(20)18-11-15-12-19(3)8-10-21-15/h4-6,15H,7-12H2,1-3H3,(H,18,20). The fourth-order valence-corrected chi connectivity index (χ4v) is 2.44. The van der Waals surface area contributed by atoms with Gasteiger partial charge in [-0.1, -0.05) is 12.1 Å². The van der Waals surface area contributed by atoms with Gasteiger partial charge in [0.25, 0.3) is 0 Å². The van der Waals surface area contributed by atoms with Crippen LogP contribution in [0.4, 0.5) is 0 Å². The number of hydrogen-bond acceptors (Lipinski definition) is 4. The first-order valence-corrected chi connectivity index (χ1v) is 7.82. The molecule has 1 aromatic carbocycles. The topological polar surface area (TPSA) is 50.8 Å². The average molecular weight is 306 g/mol. The molecular weight excluding hydrogens is 280 g/mol. The van der Waals surface area contributed by atoms with E-state index in [1.165, 1.54) is 5.56 Å². The smallest absolute Gasteiger partial charge is 0.223 e. The van der Waals surface area contributed by atoms with Gasteiger partial charge in [0.1, 0.15) is 5.75 Å². The summed E-state index contributed by atoms with van der Waals surface area (Å²) in [6.07, 6.45) is 0.443. The number of hydrogen-bond donors (Lipinski definition) is 1. The van der Waals surface area contributed by atoms with Crippen LogP contribution in [0.25, 0.3) is 0 Å². The molecule has 0 saturated carbocycles. The molecule has 5 heteroatoms. The van der Waals surface area contributed by atoms with E-state index >= 15 is 0 Å². The van der Waals surface area contributed by atoms with Crippen LogP contribution >= 0.6 is 0 Å². The van der Waals surface area contributed by atoms with Gasteiger partial charge in [0.15, 0.2) is 0 Å². The maximum absolute atomic E-state index is 11.8. The van der Waals surface area contributed by atoms with E-state index in [2.05, 4.69) is 30.3 Å². The fourth-order valence-electron chi connectivity index (χ4n) is 2.44. The summed E-state index contributed by atoms with van der Waals surface area (Å²) in [7, 11) is 2.06. The summed E-state index contributed by atoms with van der Waals surface area (Å²) >= 11 is 0. The molecule has 1 unspecified atom stereocenters. The minimum absolute atomic E-state index is 0.00197. The summed E-state index contributed by atoms with van der Waals surface area (Å²) in [6.45, 7) is 7.58. The van der Waals surface area contributed by atoms with Crippen LogP contribution in [0.5, 0.6) is 5.75 Å². The molecule has 1 atom stereocenters. The van der Waals surface area contributed by atoms with Gasteiger partial charge in [0.05, 0.1) is 25.7 Å². The highest BCUT2D eigenvalue weighted by atomic mass is 16.5. The molecule has 1 fully saturated rings. The summed E-state index contributed by atoms with van der Waals surface area (Å²) in [5.74, 6) is 0.854. The Labute approximate surface area is 132 Å². The summed E-state index contributed by atoms with van der Waals surface area (Å²) in [4.78, 5) is 14.1. The second-order valence-corrected chi connectivity index (χ2v) is 5.86.